The zero-order chi connectivity index (χ0) is 7.40. The highest BCUT2D eigenvalue weighted by Gasteiger charge is 1.90. The van der Waals surface area contributed by atoms with Crippen molar-refractivity contribution in [3.8, 4) is 11.8 Å². The lowest BCUT2D eigenvalue weighted by Gasteiger charge is -1.95. The van der Waals surface area contributed by atoms with E-state index in [1.807, 2.05) is 24.6 Å². The molecular weight excluding hydrogens is 124 g/mol. The number of nitrogens with zero attached hydrogens (tertiary/aromatic N) is 2. The van der Waals surface area contributed by atoms with Crippen molar-refractivity contribution in [2.45, 2.75) is 20.4 Å². The summed E-state index contributed by atoms with van der Waals surface area (Å²) in [5.74, 6) is 6.82. The Hall–Kier alpha value is -1.23. The summed E-state index contributed by atoms with van der Waals surface area (Å²) in [6, 6.07) is 0. The van der Waals surface area contributed by atoms with Gasteiger partial charge in [-0.2, -0.15) is 0 Å². The molecule has 2 heteroatoms. The number of aryl methyl sites for hydroxylation is 1. The van der Waals surface area contributed by atoms with Gasteiger partial charge in [0.25, 0.3) is 0 Å². The van der Waals surface area contributed by atoms with E-state index in [1.54, 1.807) is 6.20 Å². The Kier molecular flexibility index (Phi) is 2.11. The van der Waals surface area contributed by atoms with Crippen LogP contribution < -0.4 is 0 Å². The van der Waals surface area contributed by atoms with Crippen LogP contribution in [0.1, 0.15) is 12.7 Å². The first-order valence-corrected chi connectivity index (χ1v) is 3.22. The van der Waals surface area contributed by atoms with Crippen molar-refractivity contribution < 1.29 is 0 Å². The minimum Gasteiger partial charge on any atom is -0.324 e. The molecule has 10 heavy (non-hydrogen) atoms. The number of imidazole rings is 1. The van der Waals surface area contributed by atoms with Crippen LogP contribution in [0.25, 0.3) is 0 Å². The minimum atomic E-state index is 0.752. The zero-order valence-electron chi connectivity index (χ0n) is 6.26. The summed E-state index contributed by atoms with van der Waals surface area (Å²) in [5, 5.41) is 0. The van der Waals surface area contributed by atoms with E-state index in [2.05, 4.69) is 16.8 Å². The summed E-state index contributed by atoms with van der Waals surface area (Å²) in [7, 11) is 0. The average Bonchev–Trinajstić information content (AvgIpc) is 2.31. The number of hydrogen-bond acceptors (Lipinski definition) is 1. The summed E-state index contributed by atoms with van der Waals surface area (Å²) in [6.45, 7) is 4.56. The van der Waals surface area contributed by atoms with Crippen LogP contribution in [0, 0.1) is 18.8 Å². The molecule has 0 saturated heterocycles. The second-order valence-electron chi connectivity index (χ2n) is 2.03. The van der Waals surface area contributed by atoms with Crippen LogP contribution in [0.2, 0.25) is 0 Å². The predicted octanol–water partition coefficient (Wildman–Crippen LogP) is 1.21. The van der Waals surface area contributed by atoms with E-state index in [0.29, 0.717) is 0 Å². The van der Waals surface area contributed by atoms with Crippen molar-refractivity contribution in [2.24, 2.45) is 0 Å². The number of rotatable bonds is 1. The fourth-order valence-corrected chi connectivity index (χ4v) is 0.735. The first-order valence-electron chi connectivity index (χ1n) is 3.22. The van der Waals surface area contributed by atoms with E-state index < -0.39 is 0 Å². The maximum atomic E-state index is 4.06. The summed E-state index contributed by atoms with van der Waals surface area (Å²) >= 11 is 0. The van der Waals surface area contributed by atoms with E-state index in [0.717, 1.165) is 12.4 Å². The van der Waals surface area contributed by atoms with Crippen molar-refractivity contribution in [2.75, 3.05) is 0 Å². The topological polar surface area (TPSA) is 17.8 Å². The van der Waals surface area contributed by atoms with E-state index in [1.165, 1.54) is 0 Å². The second kappa shape index (κ2) is 3.07. The van der Waals surface area contributed by atoms with Gasteiger partial charge in [0.2, 0.25) is 0 Å². The third-order valence-corrected chi connectivity index (χ3v) is 1.35. The molecule has 0 radical (unpaired) electrons. The Morgan fingerprint density at radius 2 is 2.50 bits per heavy atom. The number of hydrogen-bond donors (Lipinski definition) is 0. The fourth-order valence-electron chi connectivity index (χ4n) is 0.735. The predicted molar refractivity (Wildman–Crippen MR) is 40.4 cm³/mol. The van der Waals surface area contributed by atoms with Gasteiger partial charge in [0.15, 0.2) is 0 Å². The Balaban J connectivity index is 2.71. The fraction of sp³-hybridized carbons (Fsp3) is 0.375. The zero-order valence-corrected chi connectivity index (χ0v) is 6.26. The molecule has 0 spiro atoms. The Morgan fingerprint density at radius 3 is 3.00 bits per heavy atom. The summed E-state index contributed by atoms with van der Waals surface area (Å²) < 4.78 is 2.01. The number of aromatic nitrogens is 2. The van der Waals surface area contributed by atoms with Gasteiger partial charge in [-0.25, -0.2) is 4.98 Å². The van der Waals surface area contributed by atoms with Crippen LogP contribution in [0.15, 0.2) is 12.4 Å². The van der Waals surface area contributed by atoms with Gasteiger partial charge < -0.3 is 4.57 Å². The van der Waals surface area contributed by atoms with Crippen LogP contribution in [0.4, 0.5) is 0 Å². The standard InChI is InChI=1S/C8H10N2/c1-3-4-6-10-7-5-9-8(10)2/h5,7H,6H2,1-2H3. The lowest BCUT2D eigenvalue weighted by atomic mass is 10.5. The molecule has 0 amide bonds. The minimum absolute atomic E-state index is 0.752. The molecule has 1 rings (SSSR count). The van der Waals surface area contributed by atoms with Gasteiger partial charge in [-0.05, 0) is 13.8 Å². The molecular formula is C8H10N2. The molecule has 0 aliphatic carbocycles. The molecule has 0 saturated carbocycles. The van der Waals surface area contributed by atoms with Crippen molar-refractivity contribution >= 4 is 0 Å². The van der Waals surface area contributed by atoms with Crippen LogP contribution in [-0.4, -0.2) is 9.55 Å². The highest BCUT2D eigenvalue weighted by atomic mass is 15.0. The van der Waals surface area contributed by atoms with Crippen LogP contribution in [0.5, 0.6) is 0 Å². The SMILES string of the molecule is CC#CCn1ccnc1C. The van der Waals surface area contributed by atoms with Gasteiger partial charge in [-0.15, -0.1) is 5.92 Å². The molecule has 0 bridgehead atoms. The largest absolute Gasteiger partial charge is 0.324 e. The van der Waals surface area contributed by atoms with Crippen LogP contribution >= 0.6 is 0 Å². The summed E-state index contributed by atoms with van der Waals surface area (Å²) in [5.41, 5.74) is 0. The highest BCUT2D eigenvalue weighted by molar-refractivity contribution is 4.99. The van der Waals surface area contributed by atoms with E-state index >= 15 is 0 Å². The van der Waals surface area contributed by atoms with Crippen molar-refractivity contribution in [1.29, 1.82) is 0 Å². The maximum Gasteiger partial charge on any atom is 0.106 e. The van der Waals surface area contributed by atoms with Gasteiger partial charge in [0.1, 0.15) is 5.82 Å². The third kappa shape index (κ3) is 1.38. The first kappa shape index (κ1) is 6.88. The molecule has 0 fully saturated rings. The molecule has 0 aliphatic heterocycles. The van der Waals surface area contributed by atoms with Gasteiger partial charge >= 0.3 is 0 Å². The molecule has 0 aliphatic rings. The molecule has 1 aromatic rings. The van der Waals surface area contributed by atoms with Crippen molar-refractivity contribution in [3.05, 3.63) is 18.2 Å². The van der Waals surface area contributed by atoms with Crippen LogP contribution in [-0.2, 0) is 6.54 Å². The summed E-state index contributed by atoms with van der Waals surface area (Å²) in [6.07, 6.45) is 3.71. The van der Waals surface area contributed by atoms with Crippen molar-refractivity contribution in [1.82, 2.24) is 9.55 Å². The molecule has 1 aromatic heterocycles. The summed E-state index contributed by atoms with van der Waals surface area (Å²) in [4.78, 5) is 4.06. The smallest absolute Gasteiger partial charge is 0.106 e. The third-order valence-electron chi connectivity index (χ3n) is 1.35. The van der Waals surface area contributed by atoms with Gasteiger partial charge in [0, 0.05) is 12.4 Å². The Labute approximate surface area is 60.9 Å². The molecule has 2 nitrogen and oxygen atoms in total. The maximum absolute atomic E-state index is 4.06. The molecule has 0 aromatic carbocycles. The Bertz CT molecular complexity index is 262. The van der Waals surface area contributed by atoms with Crippen LogP contribution in [0.3, 0.4) is 0 Å². The molecule has 0 unspecified atom stereocenters. The lowest BCUT2D eigenvalue weighted by Crippen LogP contribution is -1.95. The molecule has 1 heterocycles. The van der Waals surface area contributed by atoms with E-state index in [9.17, 15) is 0 Å². The monoisotopic (exact) mass is 134 g/mol. The Morgan fingerprint density at radius 1 is 1.70 bits per heavy atom. The molecule has 0 atom stereocenters. The second-order valence-corrected chi connectivity index (χ2v) is 2.03. The van der Waals surface area contributed by atoms with E-state index in [-0.39, 0.29) is 0 Å². The molecule has 0 N–H and O–H groups in total. The average molecular weight is 134 g/mol. The van der Waals surface area contributed by atoms with Gasteiger partial charge in [-0.3, -0.25) is 0 Å². The first-order chi connectivity index (χ1) is 4.84. The quantitative estimate of drug-likeness (QED) is 0.528. The van der Waals surface area contributed by atoms with Crippen molar-refractivity contribution in [3.63, 3.8) is 0 Å². The van der Waals surface area contributed by atoms with E-state index in [4.69, 9.17) is 0 Å². The van der Waals surface area contributed by atoms with Gasteiger partial charge in [-0.1, -0.05) is 5.92 Å². The highest BCUT2D eigenvalue weighted by Crippen LogP contribution is 1.92. The normalized spacial score (nSPS) is 8.60. The lowest BCUT2D eigenvalue weighted by molar-refractivity contribution is 0.797. The van der Waals surface area contributed by atoms with Gasteiger partial charge in [0.05, 0.1) is 6.54 Å². The molecule has 52 valence electrons.